The van der Waals surface area contributed by atoms with Crippen LogP contribution in [0.2, 0.25) is 0 Å². The van der Waals surface area contributed by atoms with Gasteiger partial charge in [0.2, 0.25) is 0 Å². The molecule has 0 radical (unpaired) electrons. The van der Waals surface area contributed by atoms with Gasteiger partial charge < -0.3 is 13.9 Å². The summed E-state index contributed by atoms with van der Waals surface area (Å²) in [6, 6.07) is 92.0. The highest BCUT2D eigenvalue weighted by Crippen LogP contribution is 2.46. The number of hydrogen-bond donors (Lipinski definition) is 0. The van der Waals surface area contributed by atoms with Gasteiger partial charge in [0.1, 0.15) is 11.2 Å². The van der Waals surface area contributed by atoms with Gasteiger partial charge in [-0.2, -0.15) is 0 Å². The minimum Gasteiger partial charge on any atom is -0.456 e. The van der Waals surface area contributed by atoms with Crippen LogP contribution in [0.5, 0.6) is 0 Å². The van der Waals surface area contributed by atoms with Crippen LogP contribution in [0.1, 0.15) is 0 Å². The van der Waals surface area contributed by atoms with E-state index in [4.69, 9.17) is 4.42 Å². The van der Waals surface area contributed by atoms with Crippen LogP contribution in [0, 0.1) is 0 Å². The highest BCUT2D eigenvalue weighted by molar-refractivity contribution is 6.12. The van der Waals surface area contributed by atoms with Crippen LogP contribution in [-0.4, -0.2) is 4.57 Å². The standard InChI is InChI=1S/C64H42N2O/c1-2-16-45(17-3-1)51-20-6-7-21-52(51)46-32-30-43(31-33-46)44-34-37-50(38-35-44)65(61-28-14-15-29-62(61)66-59-26-12-9-23-54(59)55-24-10-13-27-60(55)66)58-25-11-8-22-53(58)49-36-39-63-56(41-49)57-40-47-18-4-5-19-48(47)42-64(57)67-63/h1-42H. The van der Waals surface area contributed by atoms with Crippen molar-refractivity contribution in [2.45, 2.75) is 0 Å². The SMILES string of the molecule is c1ccc(-c2ccccc2-c2ccc(-c3ccc(N(c4ccccc4-c4ccc5oc6cc7ccccc7cc6c5c4)c4ccccc4-n4c5ccccc5c5ccccc54)cc3)cc2)cc1. The van der Waals surface area contributed by atoms with Crippen molar-refractivity contribution in [3.63, 3.8) is 0 Å². The molecule has 0 aliphatic heterocycles. The van der Waals surface area contributed by atoms with Gasteiger partial charge in [-0.25, -0.2) is 0 Å². The summed E-state index contributed by atoms with van der Waals surface area (Å²) in [5.74, 6) is 0. The third-order valence-corrected chi connectivity index (χ3v) is 13.4. The molecule has 0 unspecified atom stereocenters. The first-order valence-electron chi connectivity index (χ1n) is 22.9. The van der Waals surface area contributed by atoms with E-state index in [1.54, 1.807) is 0 Å². The van der Waals surface area contributed by atoms with Crippen molar-refractivity contribution < 1.29 is 4.42 Å². The van der Waals surface area contributed by atoms with E-state index in [0.717, 1.165) is 61.4 Å². The van der Waals surface area contributed by atoms with Gasteiger partial charge >= 0.3 is 0 Å². The van der Waals surface area contributed by atoms with Gasteiger partial charge in [0, 0.05) is 32.8 Å². The fraction of sp³-hybridized carbons (Fsp3) is 0. The smallest absolute Gasteiger partial charge is 0.136 e. The van der Waals surface area contributed by atoms with Crippen LogP contribution in [0.4, 0.5) is 17.1 Å². The summed E-state index contributed by atoms with van der Waals surface area (Å²) in [5, 5.41) is 7.04. The minimum atomic E-state index is 0.879. The first kappa shape index (κ1) is 38.5. The topological polar surface area (TPSA) is 21.3 Å². The Bertz CT molecular complexity index is 3920. The molecule has 2 aromatic heterocycles. The van der Waals surface area contributed by atoms with Gasteiger partial charge in [0.15, 0.2) is 0 Å². The molecule has 0 saturated carbocycles. The molecule has 314 valence electrons. The zero-order valence-electron chi connectivity index (χ0n) is 36.6. The second-order valence-electron chi connectivity index (χ2n) is 17.3. The first-order chi connectivity index (χ1) is 33.2. The molecule has 3 nitrogen and oxygen atoms in total. The Hall–Kier alpha value is -8.92. The maximum Gasteiger partial charge on any atom is 0.136 e. The Morgan fingerprint density at radius 2 is 0.791 bits per heavy atom. The van der Waals surface area contributed by atoms with Crippen LogP contribution in [0.25, 0.3) is 105 Å². The highest BCUT2D eigenvalue weighted by atomic mass is 16.3. The van der Waals surface area contributed by atoms with Gasteiger partial charge in [0.05, 0.1) is 28.1 Å². The van der Waals surface area contributed by atoms with E-state index in [1.165, 1.54) is 60.4 Å². The number of furan rings is 1. The number of anilines is 3. The highest BCUT2D eigenvalue weighted by Gasteiger charge is 2.23. The van der Waals surface area contributed by atoms with Crippen LogP contribution >= 0.6 is 0 Å². The lowest BCUT2D eigenvalue weighted by atomic mass is 9.93. The average Bonchev–Trinajstić information content (AvgIpc) is 3.93. The molecule has 0 atom stereocenters. The molecule has 0 fully saturated rings. The van der Waals surface area contributed by atoms with Crippen molar-refractivity contribution in [3.05, 3.63) is 255 Å². The lowest BCUT2D eigenvalue weighted by molar-refractivity contribution is 0.669. The molecule has 0 aliphatic carbocycles. The van der Waals surface area contributed by atoms with E-state index < -0.39 is 0 Å². The summed E-state index contributed by atoms with van der Waals surface area (Å²) in [7, 11) is 0. The van der Waals surface area contributed by atoms with E-state index in [0.29, 0.717) is 0 Å². The van der Waals surface area contributed by atoms with Crippen molar-refractivity contribution in [2.75, 3.05) is 4.90 Å². The maximum absolute atomic E-state index is 6.48. The molecule has 0 saturated heterocycles. The number of para-hydroxylation sites is 5. The quantitative estimate of drug-likeness (QED) is 0.152. The molecule has 67 heavy (non-hydrogen) atoms. The Labute approximate surface area is 388 Å². The van der Waals surface area contributed by atoms with Crippen molar-refractivity contribution in [1.29, 1.82) is 0 Å². The van der Waals surface area contributed by atoms with E-state index in [1.807, 2.05) is 0 Å². The Balaban J connectivity index is 0.963. The van der Waals surface area contributed by atoms with E-state index in [2.05, 4.69) is 264 Å². The van der Waals surface area contributed by atoms with Crippen molar-refractivity contribution in [1.82, 2.24) is 4.57 Å². The summed E-state index contributed by atoms with van der Waals surface area (Å²) < 4.78 is 8.91. The van der Waals surface area contributed by atoms with Crippen molar-refractivity contribution >= 4 is 71.6 Å². The number of nitrogens with zero attached hydrogens (tertiary/aromatic N) is 2. The number of rotatable bonds is 8. The Morgan fingerprint density at radius 3 is 1.49 bits per heavy atom. The number of fused-ring (bicyclic) bond motifs is 7. The van der Waals surface area contributed by atoms with Gasteiger partial charge in [0.25, 0.3) is 0 Å². The number of benzene rings is 11. The lowest BCUT2D eigenvalue weighted by Crippen LogP contribution is -2.14. The fourth-order valence-electron chi connectivity index (χ4n) is 10.2. The predicted molar refractivity (Wildman–Crippen MR) is 282 cm³/mol. The molecule has 2 heterocycles. The van der Waals surface area contributed by atoms with E-state index in [-0.39, 0.29) is 0 Å². The number of aromatic nitrogens is 1. The zero-order valence-corrected chi connectivity index (χ0v) is 36.6. The largest absolute Gasteiger partial charge is 0.456 e. The average molecular weight is 855 g/mol. The summed E-state index contributed by atoms with van der Waals surface area (Å²) in [4.78, 5) is 2.44. The van der Waals surface area contributed by atoms with Crippen LogP contribution in [0.15, 0.2) is 259 Å². The van der Waals surface area contributed by atoms with E-state index in [9.17, 15) is 0 Å². The van der Waals surface area contributed by atoms with E-state index >= 15 is 0 Å². The summed E-state index contributed by atoms with van der Waals surface area (Å²) in [6.45, 7) is 0. The molecule has 13 aromatic rings. The predicted octanol–water partition coefficient (Wildman–Crippen LogP) is 18.0. The van der Waals surface area contributed by atoms with Crippen LogP contribution in [-0.2, 0) is 0 Å². The number of hydrogen-bond acceptors (Lipinski definition) is 2. The van der Waals surface area contributed by atoms with Crippen LogP contribution < -0.4 is 4.90 Å². The monoisotopic (exact) mass is 854 g/mol. The molecule has 0 amide bonds. The zero-order chi connectivity index (χ0) is 44.3. The molecule has 3 heteroatoms. The molecule has 0 N–H and O–H groups in total. The summed E-state index contributed by atoms with van der Waals surface area (Å²) in [6.07, 6.45) is 0. The third kappa shape index (κ3) is 6.59. The normalized spacial score (nSPS) is 11.6. The van der Waals surface area contributed by atoms with Crippen molar-refractivity contribution in [2.24, 2.45) is 0 Å². The molecule has 0 aliphatic rings. The van der Waals surface area contributed by atoms with Gasteiger partial charge in [-0.1, -0.05) is 188 Å². The molecule has 13 rings (SSSR count). The maximum atomic E-state index is 6.48. The minimum absolute atomic E-state index is 0.879. The molecular weight excluding hydrogens is 813 g/mol. The molecule has 0 spiro atoms. The first-order valence-corrected chi connectivity index (χ1v) is 22.9. The van der Waals surface area contributed by atoms with Crippen molar-refractivity contribution in [3.8, 4) is 50.2 Å². The van der Waals surface area contributed by atoms with Crippen LogP contribution in [0.3, 0.4) is 0 Å². The fourth-order valence-corrected chi connectivity index (χ4v) is 10.2. The van der Waals surface area contributed by atoms with Gasteiger partial charge in [-0.3, -0.25) is 0 Å². The Kier molecular flexibility index (Phi) is 9.17. The Morgan fingerprint density at radius 1 is 0.299 bits per heavy atom. The third-order valence-electron chi connectivity index (χ3n) is 13.4. The molecule has 0 bridgehead atoms. The van der Waals surface area contributed by atoms with Gasteiger partial charge in [-0.05, 0) is 116 Å². The lowest BCUT2D eigenvalue weighted by Gasteiger charge is -2.30. The molecule has 11 aromatic carbocycles. The summed E-state index contributed by atoms with van der Waals surface area (Å²) >= 11 is 0. The summed E-state index contributed by atoms with van der Waals surface area (Å²) in [5.41, 5.74) is 17.8. The second-order valence-corrected chi connectivity index (χ2v) is 17.3. The molecular formula is C64H42N2O. The second kappa shape index (κ2) is 16.0. The van der Waals surface area contributed by atoms with Gasteiger partial charge in [-0.15, -0.1) is 0 Å².